The number of halogens is 1. The van der Waals surface area contributed by atoms with Gasteiger partial charge < -0.3 is 9.64 Å². The SMILES string of the molecule is CCC(=O)N1CCOc2cc(F)ccc21. The van der Waals surface area contributed by atoms with Crippen LogP contribution >= 0.6 is 0 Å². The number of fused-ring (bicyclic) bond motifs is 1. The minimum Gasteiger partial charge on any atom is -0.489 e. The van der Waals surface area contributed by atoms with Crippen molar-refractivity contribution in [3.05, 3.63) is 24.0 Å². The summed E-state index contributed by atoms with van der Waals surface area (Å²) in [6, 6.07) is 4.23. The van der Waals surface area contributed by atoms with Crippen molar-refractivity contribution in [1.82, 2.24) is 0 Å². The number of hydrogen-bond donors (Lipinski definition) is 0. The Morgan fingerprint density at radius 3 is 3.13 bits per heavy atom. The molecule has 1 amide bonds. The second-order valence-electron chi connectivity index (χ2n) is 3.36. The molecule has 0 saturated carbocycles. The highest BCUT2D eigenvalue weighted by atomic mass is 19.1. The maximum atomic E-state index is 12.9. The van der Waals surface area contributed by atoms with Crippen LogP contribution in [-0.2, 0) is 4.79 Å². The molecular weight excluding hydrogens is 197 g/mol. The van der Waals surface area contributed by atoms with Crippen LogP contribution in [0.4, 0.5) is 10.1 Å². The van der Waals surface area contributed by atoms with Gasteiger partial charge in [-0.2, -0.15) is 0 Å². The Labute approximate surface area is 87.5 Å². The van der Waals surface area contributed by atoms with Gasteiger partial charge in [0.25, 0.3) is 0 Å². The molecule has 1 aliphatic heterocycles. The third-order valence-corrected chi connectivity index (χ3v) is 2.39. The van der Waals surface area contributed by atoms with E-state index in [9.17, 15) is 9.18 Å². The molecule has 0 fully saturated rings. The Morgan fingerprint density at radius 1 is 1.60 bits per heavy atom. The van der Waals surface area contributed by atoms with Crippen LogP contribution in [0, 0.1) is 5.82 Å². The second-order valence-corrected chi connectivity index (χ2v) is 3.36. The van der Waals surface area contributed by atoms with Gasteiger partial charge in [-0.25, -0.2) is 4.39 Å². The van der Waals surface area contributed by atoms with Gasteiger partial charge in [-0.3, -0.25) is 4.79 Å². The highest BCUT2D eigenvalue weighted by Crippen LogP contribution is 2.32. The molecule has 0 aliphatic carbocycles. The van der Waals surface area contributed by atoms with Crippen molar-refractivity contribution in [2.24, 2.45) is 0 Å². The summed E-state index contributed by atoms with van der Waals surface area (Å²) >= 11 is 0. The zero-order chi connectivity index (χ0) is 10.8. The number of rotatable bonds is 1. The van der Waals surface area contributed by atoms with Crippen LogP contribution in [0.15, 0.2) is 18.2 Å². The van der Waals surface area contributed by atoms with Crippen molar-refractivity contribution < 1.29 is 13.9 Å². The van der Waals surface area contributed by atoms with Gasteiger partial charge >= 0.3 is 0 Å². The number of carbonyl (C=O) groups excluding carboxylic acids is 1. The van der Waals surface area contributed by atoms with Crippen LogP contribution in [0.5, 0.6) is 5.75 Å². The number of anilines is 1. The molecule has 0 aromatic heterocycles. The first-order chi connectivity index (χ1) is 7.22. The van der Waals surface area contributed by atoms with Crippen LogP contribution < -0.4 is 9.64 Å². The highest BCUT2D eigenvalue weighted by molar-refractivity contribution is 5.95. The largest absolute Gasteiger partial charge is 0.489 e. The summed E-state index contributed by atoms with van der Waals surface area (Å²) in [5.74, 6) is 0.133. The van der Waals surface area contributed by atoms with Crippen molar-refractivity contribution in [2.75, 3.05) is 18.1 Å². The van der Waals surface area contributed by atoms with Gasteiger partial charge in [0.2, 0.25) is 5.91 Å². The standard InChI is InChI=1S/C11H12FNO2/c1-2-11(14)13-5-6-15-10-7-8(12)3-4-9(10)13/h3-4,7H,2,5-6H2,1H3. The summed E-state index contributed by atoms with van der Waals surface area (Å²) in [6.45, 7) is 2.76. The van der Waals surface area contributed by atoms with Gasteiger partial charge in [0, 0.05) is 12.5 Å². The van der Waals surface area contributed by atoms with Crippen molar-refractivity contribution in [3.63, 3.8) is 0 Å². The molecule has 0 N–H and O–H groups in total. The van der Waals surface area contributed by atoms with Gasteiger partial charge in [0.05, 0.1) is 12.2 Å². The number of hydrogen-bond acceptors (Lipinski definition) is 2. The lowest BCUT2D eigenvalue weighted by molar-refractivity contribution is -0.118. The fraction of sp³-hybridized carbons (Fsp3) is 0.364. The summed E-state index contributed by atoms with van der Waals surface area (Å²) < 4.78 is 18.2. The molecule has 4 heteroatoms. The summed E-state index contributed by atoms with van der Waals surface area (Å²) in [4.78, 5) is 13.2. The summed E-state index contributed by atoms with van der Waals surface area (Å²) in [7, 11) is 0. The van der Waals surface area contributed by atoms with Gasteiger partial charge in [-0.1, -0.05) is 6.92 Å². The molecule has 0 radical (unpaired) electrons. The molecule has 0 spiro atoms. The molecule has 0 bridgehead atoms. The Kier molecular flexibility index (Phi) is 2.58. The van der Waals surface area contributed by atoms with Crippen LogP contribution in [0.25, 0.3) is 0 Å². The van der Waals surface area contributed by atoms with E-state index in [1.54, 1.807) is 17.9 Å². The average Bonchev–Trinajstić information content (AvgIpc) is 2.26. The van der Waals surface area contributed by atoms with E-state index >= 15 is 0 Å². The predicted molar refractivity (Wildman–Crippen MR) is 54.5 cm³/mol. The first-order valence-electron chi connectivity index (χ1n) is 4.95. The van der Waals surface area contributed by atoms with Crippen molar-refractivity contribution >= 4 is 11.6 Å². The molecular formula is C11H12FNO2. The Morgan fingerprint density at radius 2 is 2.40 bits per heavy atom. The van der Waals surface area contributed by atoms with Crippen molar-refractivity contribution in [3.8, 4) is 5.75 Å². The molecule has 2 rings (SSSR count). The predicted octanol–water partition coefficient (Wildman–Crippen LogP) is 1.96. The van der Waals surface area contributed by atoms with E-state index in [4.69, 9.17) is 4.74 Å². The van der Waals surface area contributed by atoms with Crippen LogP contribution in [-0.4, -0.2) is 19.1 Å². The minimum atomic E-state index is -0.348. The summed E-state index contributed by atoms with van der Waals surface area (Å²) in [5.41, 5.74) is 0.662. The third-order valence-electron chi connectivity index (χ3n) is 2.39. The quantitative estimate of drug-likeness (QED) is 0.707. The molecule has 0 atom stereocenters. The van der Waals surface area contributed by atoms with Gasteiger partial charge in [-0.05, 0) is 12.1 Å². The van der Waals surface area contributed by atoms with E-state index in [1.807, 2.05) is 0 Å². The first-order valence-corrected chi connectivity index (χ1v) is 4.95. The zero-order valence-electron chi connectivity index (χ0n) is 8.50. The van der Waals surface area contributed by atoms with E-state index < -0.39 is 0 Å². The molecule has 0 saturated heterocycles. The summed E-state index contributed by atoms with van der Waals surface area (Å²) in [6.07, 6.45) is 0.441. The lowest BCUT2D eigenvalue weighted by Crippen LogP contribution is -2.37. The normalized spacial score (nSPS) is 14.4. The van der Waals surface area contributed by atoms with Crippen molar-refractivity contribution in [1.29, 1.82) is 0 Å². The maximum absolute atomic E-state index is 12.9. The van der Waals surface area contributed by atoms with E-state index in [-0.39, 0.29) is 11.7 Å². The summed E-state index contributed by atoms with van der Waals surface area (Å²) in [5, 5.41) is 0. The van der Waals surface area contributed by atoms with E-state index in [0.29, 0.717) is 31.0 Å². The molecule has 1 aliphatic rings. The smallest absolute Gasteiger partial charge is 0.226 e. The van der Waals surface area contributed by atoms with Gasteiger partial charge in [0.1, 0.15) is 18.2 Å². The monoisotopic (exact) mass is 209 g/mol. The topological polar surface area (TPSA) is 29.5 Å². The number of amides is 1. The molecule has 15 heavy (non-hydrogen) atoms. The molecule has 1 aromatic carbocycles. The first kappa shape index (κ1) is 9.96. The molecule has 0 unspecified atom stereocenters. The fourth-order valence-corrected chi connectivity index (χ4v) is 1.64. The molecule has 80 valence electrons. The van der Waals surface area contributed by atoms with E-state index in [1.165, 1.54) is 12.1 Å². The number of benzene rings is 1. The van der Waals surface area contributed by atoms with Crippen LogP contribution in [0.3, 0.4) is 0 Å². The molecule has 1 aromatic rings. The Hall–Kier alpha value is -1.58. The van der Waals surface area contributed by atoms with Gasteiger partial charge in [0.15, 0.2) is 0 Å². The van der Waals surface area contributed by atoms with Crippen molar-refractivity contribution in [2.45, 2.75) is 13.3 Å². The lowest BCUT2D eigenvalue weighted by atomic mass is 10.2. The highest BCUT2D eigenvalue weighted by Gasteiger charge is 2.22. The average molecular weight is 209 g/mol. The second kappa shape index (κ2) is 3.88. The molecule has 1 heterocycles. The number of nitrogens with zero attached hydrogens (tertiary/aromatic N) is 1. The van der Waals surface area contributed by atoms with E-state index in [2.05, 4.69) is 0 Å². The zero-order valence-corrected chi connectivity index (χ0v) is 8.50. The number of ether oxygens (including phenoxy) is 1. The third kappa shape index (κ3) is 1.79. The number of carbonyl (C=O) groups is 1. The Bertz CT molecular complexity index is 392. The molecule has 3 nitrogen and oxygen atoms in total. The maximum Gasteiger partial charge on any atom is 0.226 e. The van der Waals surface area contributed by atoms with Gasteiger partial charge in [-0.15, -0.1) is 0 Å². The lowest BCUT2D eigenvalue weighted by Gasteiger charge is -2.29. The fourth-order valence-electron chi connectivity index (χ4n) is 1.64. The minimum absolute atomic E-state index is 0.0335. The van der Waals surface area contributed by atoms with Crippen LogP contribution in [0.1, 0.15) is 13.3 Å². The Balaban J connectivity index is 2.38. The van der Waals surface area contributed by atoms with Crippen LogP contribution in [0.2, 0.25) is 0 Å². The van der Waals surface area contributed by atoms with E-state index in [0.717, 1.165) is 0 Å².